The van der Waals surface area contributed by atoms with Gasteiger partial charge in [0.25, 0.3) is 0 Å². The first-order chi connectivity index (χ1) is 6.65. The summed E-state index contributed by atoms with van der Waals surface area (Å²) in [5.74, 6) is -1.12. The van der Waals surface area contributed by atoms with Crippen LogP contribution in [0.1, 0.15) is 6.42 Å². The number of aliphatic hydroxyl groups excluding tert-OH is 1. The minimum atomic E-state index is -0.635. The van der Waals surface area contributed by atoms with Crippen LogP contribution in [0.2, 0.25) is 0 Å². The number of ether oxygens (including phenoxy) is 1. The highest BCUT2D eigenvalue weighted by Gasteiger charge is 2.08. The normalized spacial score (nSPS) is 10.3. The minimum Gasteiger partial charge on any atom is -0.493 e. The minimum absolute atomic E-state index is 0.00463. The van der Waals surface area contributed by atoms with E-state index in [-0.39, 0.29) is 22.5 Å². The second-order valence-corrected chi connectivity index (χ2v) is 3.71. The monoisotopic (exact) mass is 314 g/mol. The average molecular weight is 314 g/mol. The van der Waals surface area contributed by atoms with Gasteiger partial charge < -0.3 is 9.84 Å². The maximum atomic E-state index is 13.0. The molecule has 1 aromatic rings. The van der Waals surface area contributed by atoms with Crippen LogP contribution in [0.4, 0.5) is 8.78 Å². The second kappa shape index (κ2) is 5.45. The quantitative estimate of drug-likeness (QED) is 0.525. The van der Waals surface area contributed by atoms with Crippen LogP contribution in [0, 0.1) is 15.2 Å². The zero-order valence-corrected chi connectivity index (χ0v) is 9.42. The molecule has 0 unspecified atom stereocenters. The fraction of sp³-hybridized carbons (Fsp3) is 0.333. The molecule has 0 spiro atoms. The van der Waals surface area contributed by atoms with E-state index in [9.17, 15) is 8.78 Å². The first-order valence-corrected chi connectivity index (χ1v) is 5.11. The lowest BCUT2D eigenvalue weighted by molar-refractivity contribution is 0.232. The highest BCUT2D eigenvalue weighted by molar-refractivity contribution is 14.1. The molecule has 0 aliphatic heterocycles. The number of hydrogen-bond acceptors (Lipinski definition) is 2. The topological polar surface area (TPSA) is 29.5 Å². The van der Waals surface area contributed by atoms with E-state index in [0.717, 1.165) is 12.1 Å². The summed E-state index contributed by atoms with van der Waals surface area (Å²) in [7, 11) is 0. The molecular formula is C9H9F2IO2. The van der Waals surface area contributed by atoms with Crippen molar-refractivity contribution < 1.29 is 18.6 Å². The Morgan fingerprint density at radius 3 is 2.36 bits per heavy atom. The number of halogens is 3. The lowest BCUT2D eigenvalue weighted by atomic mass is 10.3. The lowest BCUT2D eigenvalue weighted by Crippen LogP contribution is -2.01. The maximum Gasteiger partial charge on any atom is 0.143 e. The lowest BCUT2D eigenvalue weighted by Gasteiger charge is -2.06. The van der Waals surface area contributed by atoms with Gasteiger partial charge in [-0.15, -0.1) is 0 Å². The van der Waals surface area contributed by atoms with E-state index in [1.54, 1.807) is 22.6 Å². The van der Waals surface area contributed by atoms with Gasteiger partial charge in [-0.1, -0.05) is 0 Å². The molecule has 0 fully saturated rings. The van der Waals surface area contributed by atoms with Crippen LogP contribution in [-0.2, 0) is 0 Å². The Morgan fingerprint density at radius 1 is 1.29 bits per heavy atom. The zero-order chi connectivity index (χ0) is 10.6. The van der Waals surface area contributed by atoms with Gasteiger partial charge in [-0.05, 0) is 22.6 Å². The fourth-order valence-electron chi connectivity index (χ4n) is 0.870. The first kappa shape index (κ1) is 11.6. The summed E-state index contributed by atoms with van der Waals surface area (Å²) in [6.45, 7) is 0.241. The van der Waals surface area contributed by atoms with Crippen molar-refractivity contribution in [2.24, 2.45) is 0 Å². The van der Waals surface area contributed by atoms with Gasteiger partial charge in [0.05, 0.1) is 10.2 Å². The van der Waals surface area contributed by atoms with E-state index in [1.165, 1.54) is 0 Å². The van der Waals surface area contributed by atoms with E-state index in [2.05, 4.69) is 0 Å². The van der Waals surface area contributed by atoms with Crippen molar-refractivity contribution in [2.75, 3.05) is 13.2 Å². The molecule has 5 heteroatoms. The first-order valence-electron chi connectivity index (χ1n) is 4.03. The second-order valence-electron chi connectivity index (χ2n) is 2.63. The third kappa shape index (κ3) is 3.06. The van der Waals surface area contributed by atoms with Crippen LogP contribution < -0.4 is 4.74 Å². The van der Waals surface area contributed by atoms with Gasteiger partial charge in [0.15, 0.2) is 0 Å². The van der Waals surface area contributed by atoms with Crippen molar-refractivity contribution in [3.05, 3.63) is 27.3 Å². The largest absolute Gasteiger partial charge is 0.493 e. The van der Waals surface area contributed by atoms with Gasteiger partial charge >= 0.3 is 0 Å². The molecular weight excluding hydrogens is 305 g/mol. The fourth-order valence-corrected chi connectivity index (χ4v) is 1.18. The van der Waals surface area contributed by atoms with Gasteiger partial charge in [-0.25, -0.2) is 8.78 Å². The Balaban J connectivity index is 2.69. The molecule has 14 heavy (non-hydrogen) atoms. The van der Waals surface area contributed by atoms with Crippen LogP contribution in [0.5, 0.6) is 5.75 Å². The van der Waals surface area contributed by atoms with E-state index in [4.69, 9.17) is 9.84 Å². The van der Waals surface area contributed by atoms with Crippen LogP contribution in [0.15, 0.2) is 12.1 Å². The molecule has 2 nitrogen and oxygen atoms in total. The van der Waals surface area contributed by atoms with Crippen molar-refractivity contribution in [2.45, 2.75) is 6.42 Å². The average Bonchev–Trinajstić information content (AvgIpc) is 2.14. The molecule has 0 saturated carbocycles. The number of aliphatic hydroxyl groups is 1. The van der Waals surface area contributed by atoms with E-state index < -0.39 is 11.6 Å². The molecule has 0 aliphatic carbocycles. The highest BCUT2D eigenvalue weighted by Crippen LogP contribution is 2.21. The number of rotatable bonds is 4. The summed E-state index contributed by atoms with van der Waals surface area (Å²) in [4.78, 5) is 0. The van der Waals surface area contributed by atoms with Crippen molar-refractivity contribution in [1.29, 1.82) is 0 Å². The van der Waals surface area contributed by atoms with Gasteiger partial charge in [0, 0.05) is 25.2 Å². The third-order valence-electron chi connectivity index (χ3n) is 1.53. The van der Waals surface area contributed by atoms with Crippen LogP contribution in [-0.4, -0.2) is 18.3 Å². The molecule has 1 N–H and O–H groups in total. The zero-order valence-electron chi connectivity index (χ0n) is 7.27. The standard InChI is InChI=1S/C9H9F2IO2/c10-7-4-6(14-3-1-2-13)5-8(11)9(7)12/h4-5,13H,1-3H2. The van der Waals surface area contributed by atoms with E-state index >= 15 is 0 Å². The summed E-state index contributed by atoms with van der Waals surface area (Å²) in [5, 5.41) is 8.47. The predicted octanol–water partition coefficient (Wildman–Crippen LogP) is 2.33. The molecule has 0 aromatic heterocycles. The SMILES string of the molecule is OCCCOc1cc(F)c(I)c(F)c1. The molecule has 1 rings (SSSR count). The number of benzene rings is 1. The van der Waals surface area contributed by atoms with Gasteiger partial charge in [0.1, 0.15) is 17.4 Å². The molecule has 0 saturated heterocycles. The summed E-state index contributed by atoms with van der Waals surface area (Å²) in [6.07, 6.45) is 0.440. The molecule has 0 amide bonds. The summed E-state index contributed by atoms with van der Waals surface area (Å²) in [6, 6.07) is 2.25. The van der Waals surface area contributed by atoms with Crippen molar-refractivity contribution in [3.8, 4) is 5.75 Å². The van der Waals surface area contributed by atoms with Gasteiger partial charge in [-0.3, -0.25) is 0 Å². The summed E-state index contributed by atoms with van der Waals surface area (Å²) < 4.78 is 30.9. The van der Waals surface area contributed by atoms with Crippen molar-refractivity contribution >= 4 is 22.6 Å². The van der Waals surface area contributed by atoms with Crippen molar-refractivity contribution in [3.63, 3.8) is 0 Å². The molecule has 1 aromatic carbocycles. The number of hydrogen-bond donors (Lipinski definition) is 1. The van der Waals surface area contributed by atoms with Gasteiger partial charge in [0.2, 0.25) is 0 Å². The maximum absolute atomic E-state index is 13.0. The van der Waals surface area contributed by atoms with E-state index in [0.29, 0.717) is 6.42 Å². The Hall–Kier alpha value is -0.430. The van der Waals surface area contributed by atoms with Crippen LogP contribution in [0.3, 0.4) is 0 Å². The molecule has 0 atom stereocenters. The summed E-state index contributed by atoms with van der Waals surface area (Å²) in [5.41, 5.74) is 0. The summed E-state index contributed by atoms with van der Waals surface area (Å²) >= 11 is 1.59. The Labute approximate surface area is 94.0 Å². The van der Waals surface area contributed by atoms with Gasteiger partial charge in [-0.2, -0.15) is 0 Å². The highest BCUT2D eigenvalue weighted by atomic mass is 127. The van der Waals surface area contributed by atoms with Crippen LogP contribution in [0.25, 0.3) is 0 Å². The molecule has 78 valence electrons. The smallest absolute Gasteiger partial charge is 0.143 e. The Kier molecular flexibility index (Phi) is 4.53. The molecule has 0 aliphatic rings. The molecule has 0 heterocycles. The third-order valence-corrected chi connectivity index (χ3v) is 2.56. The molecule has 0 bridgehead atoms. The molecule has 0 radical (unpaired) electrons. The van der Waals surface area contributed by atoms with Crippen molar-refractivity contribution in [1.82, 2.24) is 0 Å². The Bertz CT molecular complexity index is 295. The van der Waals surface area contributed by atoms with E-state index in [1.807, 2.05) is 0 Å². The Morgan fingerprint density at radius 2 is 1.86 bits per heavy atom. The van der Waals surface area contributed by atoms with Crippen LogP contribution >= 0.6 is 22.6 Å². The predicted molar refractivity (Wildman–Crippen MR) is 56.3 cm³/mol.